The Morgan fingerprint density at radius 1 is 1.07 bits per heavy atom. The van der Waals surface area contributed by atoms with E-state index in [4.69, 9.17) is 4.74 Å². The van der Waals surface area contributed by atoms with Crippen molar-refractivity contribution < 1.29 is 26.7 Å². The summed E-state index contributed by atoms with van der Waals surface area (Å²) in [5.41, 5.74) is 0.962. The van der Waals surface area contributed by atoms with Gasteiger partial charge in [-0.3, -0.25) is 14.2 Å². The van der Waals surface area contributed by atoms with Gasteiger partial charge < -0.3 is 24.8 Å². The van der Waals surface area contributed by atoms with E-state index in [1.807, 2.05) is 12.1 Å². The predicted octanol–water partition coefficient (Wildman–Crippen LogP) is 4.04. The minimum Gasteiger partial charge on any atom is -0.760 e. The number of anilines is 5. The molecule has 6 rings (SSSR count). The van der Waals surface area contributed by atoms with Crippen molar-refractivity contribution in [2.24, 2.45) is 0 Å². The maximum Gasteiger partial charge on any atom is 0.421 e. The van der Waals surface area contributed by atoms with Crippen LogP contribution in [0.2, 0.25) is 0 Å². The molecule has 12 nitrogen and oxygen atoms in total. The molecule has 2 aromatic carbocycles. The van der Waals surface area contributed by atoms with Crippen molar-refractivity contribution in [3.8, 4) is 0 Å². The van der Waals surface area contributed by atoms with E-state index >= 15 is 0 Å². The molecule has 44 heavy (non-hydrogen) atoms. The summed E-state index contributed by atoms with van der Waals surface area (Å²) < 4.78 is 71.2. The minimum absolute atomic E-state index is 0.0546. The monoisotopic (exact) mass is 630 g/mol. The molecule has 4 aromatic rings. The second-order valence-corrected chi connectivity index (χ2v) is 11.3. The molecule has 0 bridgehead atoms. The van der Waals surface area contributed by atoms with Gasteiger partial charge in [0.25, 0.3) is 0 Å². The number of nitrogens with one attached hydrogen (secondary N) is 4. The highest BCUT2D eigenvalue weighted by molar-refractivity contribution is 7.77. The molecule has 234 valence electrons. The first-order valence-corrected chi connectivity index (χ1v) is 15.3. The summed E-state index contributed by atoms with van der Waals surface area (Å²) in [6.45, 7) is 5.19. The molecule has 0 amide bonds. The van der Waals surface area contributed by atoms with E-state index in [1.54, 1.807) is 24.3 Å². The molecule has 1 atom stereocenters. The van der Waals surface area contributed by atoms with Gasteiger partial charge in [0.15, 0.2) is 5.82 Å². The molecule has 4 N–H and O–H groups in total. The second-order valence-electron chi connectivity index (χ2n) is 10.6. The first-order chi connectivity index (χ1) is 21.2. The average Bonchev–Trinajstić information content (AvgIpc) is 3.44. The number of morpholine rings is 1. The Balaban J connectivity index is 1.18. The highest BCUT2D eigenvalue weighted by Crippen LogP contribution is 2.36. The maximum atomic E-state index is 13.9. The number of benzene rings is 2. The molecule has 0 radical (unpaired) electrons. The van der Waals surface area contributed by atoms with Crippen LogP contribution in [0.25, 0.3) is 10.9 Å². The van der Waals surface area contributed by atoms with E-state index in [1.165, 1.54) is 6.07 Å². The molecule has 1 unspecified atom stereocenters. The van der Waals surface area contributed by atoms with Gasteiger partial charge in [0, 0.05) is 73.0 Å². The summed E-state index contributed by atoms with van der Waals surface area (Å²) in [5.74, 6) is 0.343. The lowest BCUT2D eigenvalue weighted by Crippen LogP contribution is -2.49. The standard InChI is InChI=1S/C28H32F3N9O3S/c29-28(30,31)22-17-32-27(36-25(22)35-23-4-2-1-3-18(23)16-33-44(41)42)34-19-5-6-21-24(15-19)37-38-26(21)40-9-7-20(8-10-40)39-11-13-43-14-12-39/h1-6,15,17,20,33H,7-14,16H2,(H,37,38)(H,41,42)(H2,32,34,35,36)/p-1. The first-order valence-electron chi connectivity index (χ1n) is 14.2. The Labute approximate surface area is 253 Å². The molecular formula is C28H31F3N9O3S-. The fourth-order valence-corrected chi connectivity index (χ4v) is 5.92. The van der Waals surface area contributed by atoms with Gasteiger partial charge in [-0.1, -0.05) is 18.2 Å². The summed E-state index contributed by atoms with van der Waals surface area (Å²) in [4.78, 5) is 12.8. The van der Waals surface area contributed by atoms with Gasteiger partial charge in [0.05, 0.1) is 18.7 Å². The van der Waals surface area contributed by atoms with E-state index in [0.29, 0.717) is 23.5 Å². The molecule has 16 heteroatoms. The summed E-state index contributed by atoms with van der Waals surface area (Å²) in [6.07, 6.45) is -1.92. The number of rotatable bonds is 9. The van der Waals surface area contributed by atoms with Gasteiger partial charge >= 0.3 is 6.18 Å². The van der Waals surface area contributed by atoms with E-state index in [0.717, 1.165) is 69.0 Å². The van der Waals surface area contributed by atoms with Gasteiger partial charge in [-0.15, -0.1) is 0 Å². The van der Waals surface area contributed by atoms with Gasteiger partial charge in [-0.25, -0.2) is 9.71 Å². The Kier molecular flexibility index (Phi) is 8.95. The number of hydrogen-bond donors (Lipinski definition) is 4. The summed E-state index contributed by atoms with van der Waals surface area (Å²) >= 11 is -2.54. The smallest absolute Gasteiger partial charge is 0.421 e. The van der Waals surface area contributed by atoms with E-state index in [9.17, 15) is 21.9 Å². The predicted molar refractivity (Wildman–Crippen MR) is 160 cm³/mol. The highest BCUT2D eigenvalue weighted by Gasteiger charge is 2.35. The zero-order valence-corrected chi connectivity index (χ0v) is 24.4. The fraction of sp³-hybridized carbons (Fsp3) is 0.393. The summed E-state index contributed by atoms with van der Waals surface area (Å²) in [5, 5.41) is 14.3. The van der Waals surface area contributed by atoms with Crippen LogP contribution in [0.1, 0.15) is 24.0 Å². The van der Waals surface area contributed by atoms with Crippen molar-refractivity contribution >= 4 is 51.1 Å². The van der Waals surface area contributed by atoms with E-state index in [-0.39, 0.29) is 18.2 Å². The molecule has 4 heterocycles. The van der Waals surface area contributed by atoms with Crippen LogP contribution in [0.5, 0.6) is 0 Å². The SMILES string of the molecule is O=S([O-])NCc1ccccc1Nc1nc(Nc2ccc3c(N4CCC(N5CCOCC5)CC4)n[nH]c3c2)ncc1C(F)(F)F. The number of H-pyrrole nitrogens is 1. The van der Waals surface area contributed by atoms with E-state index in [2.05, 4.69) is 45.3 Å². The Bertz CT molecular complexity index is 1620. The number of piperidine rings is 1. The number of aromatic nitrogens is 4. The first kappa shape index (κ1) is 30.2. The van der Waals surface area contributed by atoms with Crippen LogP contribution in [-0.4, -0.2) is 79.3 Å². The lowest BCUT2D eigenvalue weighted by atomic mass is 10.0. The van der Waals surface area contributed by atoms with Gasteiger partial charge in [-0.2, -0.15) is 23.3 Å². The molecule has 2 fully saturated rings. The molecule has 0 saturated carbocycles. The van der Waals surface area contributed by atoms with E-state index < -0.39 is 28.8 Å². The average molecular weight is 631 g/mol. The van der Waals surface area contributed by atoms with Crippen LogP contribution in [-0.2, 0) is 28.7 Å². The van der Waals surface area contributed by atoms with Crippen LogP contribution < -0.4 is 20.3 Å². The van der Waals surface area contributed by atoms with Crippen LogP contribution in [0, 0.1) is 0 Å². The normalized spacial score (nSPS) is 17.6. The molecular weight excluding hydrogens is 599 g/mol. The highest BCUT2D eigenvalue weighted by atomic mass is 32.2. The zero-order valence-electron chi connectivity index (χ0n) is 23.6. The van der Waals surface area contributed by atoms with Crippen LogP contribution in [0.3, 0.4) is 0 Å². The molecule has 2 saturated heterocycles. The van der Waals surface area contributed by atoms with Gasteiger partial charge in [0.1, 0.15) is 11.4 Å². The van der Waals surface area contributed by atoms with Gasteiger partial charge in [0.2, 0.25) is 5.95 Å². The fourth-order valence-electron chi connectivity index (χ4n) is 5.64. The Morgan fingerprint density at radius 3 is 2.59 bits per heavy atom. The quantitative estimate of drug-likeness (QED) is 0.200. The number of alkyl halides is 3. The molecule has 2 aliphatic rings. The molecule has 2 aliphatic heterocycles. The molecule has 2 aromatic heterocycles. The van der Waals surface area contributed by atoms with Crippen LogP contribution in [0.15, 0.2) is 48.7 Å². The number of fused-ring (bicyclic) bond motifs is 1. The molecule has 0 aliphatic carbocycles. The lowest BCUT2D eigenvalue weighted by molar-refractivity contribution is -0.137. The van der Waals surface area contributed by atoms with Crippen molar-refractivity contribution in [1.29, 1.82) is 0 Å². The van der Waals surface area contributed by atoms with Crippen molar-refractivity contribution in [1.82, 2.24) is 29.8 Å². The van der Waals surface area contributed by atoms with Crippen LogP contribution >= 0.6 is 0 Å². The Morgan fingerprint density at radius 2 is 1.84 bits per heavy atom. The Hall–Kier alpha value is -3.83. The third-order valence-corrected chi connectivity index (χ3v) is 8.25. The molecule has 0 spiro atoms. The van der Waals surface area contributed by atoms with Crippen molar-refractivity contribution in [3.63, 3.8) is 0 Å². The van der Waals surface area contributed by atoms with Crippen molar-refractivity contribution in [2.75, 3.05) is 54.9 Å². The third-order valence-electron chi connectivity index (χ3n) is 7.87. The number of para-hydroxylation sites is 1. The number of aromatic amines is 1. The van der Waals surface area contributed by atoms with Crippen molar-refractivity contribution in [3.05, 3.63) is 59.8 Å². The number of ether oxygens (including phenoxy) is 1. The summed E-state index contributed by atoms with van der Waals surface area (Å²) in [6, 6.07) is 12.5. The zero-order chi connectivity index (χ0) is 30.7. The summed E-state index contributed by atoms with van der Waals surface area (Å²) in [7, 11) is 0. The third kappa shape index (κ3) is 6.94. The van der Waals surface area contributed by atoms with Crippen LogP contribution in [0.4, 0.5) is 42.1 Å². The van der Waals surface area contributed by atoms with Gasteiger partial charge in [-0.05, 0) is 42.7 Å². The lowest BCUT2D eigenvalue weighted by Gasteiger charge is -2.40. The second kappa shape index (κ2) is 13.0. The number of nitrogens with zero attached hydrogens (tertiary/aromatic N) is 5. The number of hydrogen-bond acceptors (Lipinski definition) is 10. The van der Waals surface area contributed by atoms with Crippen molar-refractivity contribution in [2.45, 2.75) is 31.6 Å². The number of halogens is 3. The largest absolute Gasteiger partial charge is 0.760 e. The topological polar surface area (TPSA) is 146 Å². The maximum absolute atomic E-state index is 13.9. The minimum atomic E-state index is -4.73.